The Labute approximate surface area is 186 Å². The highest BCUT2D eigenvalue weighted by Crippen LogP contribution is 2.35. The van der Waals surface area contributed by atoms with E-state index in [0.717, 1.165) is 24.0 Å². The molecular weight excluding hydrogens is 406 g/mol. The first-order valence-electron chi connectivity index (χ1n) is 10.7. The largest absolute Gasteiger partial charge is 0.391 e. The van der Waals surface area contributed by atoms with Gasteiger partial charge in [0.2, 0.25) is 0 Å². The van der Waals surface area contributed by atoms with Gasteiger partial charge in [0.25, 0.3) is 11.8 Å². The lowest BCUT2D eigenvalue weighted by Crippen LogP contribution is -2.23. The summed E-state index contributed by atoms with van der Waals surface area (Å²) < 4.78 is 1.53. The number of aryl methyl sites for hydroxylation is 1. The van der Waals surface area contributed by atoms with Gasteiger partial charge in [-0.25, -0.2) is 4.68 Å². The summed E-state index contributed by atoms with van der Waals surface area (Å²) in [4.78, 5) is 24.5. The van der Waals surface area contributed by atoms with Crippen LogP contribution < -0.4 is 16.8 Å². The molecule has 8 nitrogen and oxygen atoms in total. The van der Waals surface area contributed by atoms with E-state index in [-0.39, 0.29) is 23.3 Å². The second kappa shape index (κ2) is 8.84. The highest BCUT2D eigenvalue weighted by atomic mass is 16.3. The normalized spacial score (nSPS) is 17.9. The molecule has 1 aliphatic carbocycles. The second-order valence-electron chi connectivity index (χ2n) is 8.18. The topological polar surface area (TPSA) is 136 Å². The minimum absolute atomic E-state index is 0.134. The van der Waals surface area contributed by atoms with E-state index in [0.29, 0.717) is 29.8 Å². The van der Waals surface area contributed by atoms with Crippen molar-refractivity contribution in [1.82, 2.24) is 15.1 Å². The van der Waals surface area contributed by atoms with Gasteiger partial charge in [0, 0.05) is 17.7 Å². The molecule has 32 heavy (non-hydrogen) atoms. The minimum Gasteiger partial charge on any atom is -0.391 e. The Morgan fingerprint density at radius 2 is 1.88 bits per heavy atom. The Morgan fingerprint density at radius 1 is 1.16 bits per heavy atom. The van der Waals surface area contributed by atoms with Gasteiger partial charge in [-0.1, -0.05) is 42.5 Å². The smallest absolute Gasteiger partial charge is 0.254 e. The third kappa shape index (κ3) is 4.09. The van der Waals surface area contributed by atoms with E-state index in [1.807, 2.05) is 49.4 Å². The van der Waals surface area contributed by atoms with Crippen LogP contribution in [-0.4, -0.2) is 32.8 Å². The summed E-state index contributed by atoms with van der Waals surface area (Å²) in [6, 6.07) is 14.5. The zero-order chi connectivity index (χ0) is 22.8. The average Bonchev–Trinajstić information content (AvgIpc) is 3.35. The number of rotatable bonds is 6. The molecule has 1 saturated carbocycles. The molecule has 1 fully saturated rings. The minimum atomic E-state index is -0.661. The van der Waals surface area contributed by atoms with Crippen molar-refractivity contribution in [2.45, 2.75) is 44.9 Å². The maximum absolute atomic E-state index is 12.4. The van der Waals surface area contributed by atoms with Gasteiger partial charge >= 0.3 is 0 Å². The lowest BCUT2D eigenvalue weighted by molar-refractivity contribution is 0.0949. The van der Waals surface area contributed by atoms with Crippen molar-refractivity contribution in [1.29, 1.82) is 0 Å². The van der Waals surface area contributed by atoms with Crippen molar-refractivity contribution in [2.75, 3.05) is 5.73 Å². The van der Waals surface area contributed by atoms with Crippen LogP contribution in [0.15, 0.2) is 48.5 Å². The third-order valence-corrected chi connectivity index (χ3v) is 6.02. The number of aliphatic hydroxyl groups is 1. The van der Waals surface area contributed by atoms with Crippen LogP contribution in [0, 0.1) is 6.92 Å². The molecular formula is C24H27N5O3. The van der Waals surface area contributed by atoms with Gasteiger partial charge < -0.3 is 21.9 Å². The highest BCUT2D eigenvalue weighted by Gasteiger charge is 2.32. The molecule has 2 atom stereocenters. The molecule has 8 heteroatoms. The molecule has 1 aliphatic rings. The van der Waals surface area contributed by atoms with Crippen LogP contribution in [0.2, 0.25) is 0 Å². The molecule has 2 aromatic carbocycles. The zero-order valence-corrected chi connectivity index (χ0v) is 17.9. The Bertz CT molecular complexity index is 1150. The third-order valence-electron chi connectivity index (χ3n) is 6.02. The second-order valence-corrected chi connectivity index (χ2v) is 8.18. The molecule has 1 heterocycles. The molecule has 0 radical (unpaired) electrons. The lowest BCUT2D eigenvalue weighted by atomic mass is 10.0. The number of anilines is 1. The molecule has 2 unspecified atom stereocenters. The quantitative estimate of drug-likeness (QED) is 0.474. The number of aliphatic hydroxyl groups excluding tert-OH is 1. The standard InChI is InChI=1S/C24H27N5O3/c1-14-5-2-3-6-17(14)24(32)27-13-15-9-11-16(12-10-15)21-20(23(26)31)22(25)29(28-21)18-7-4-8-19(18)30/h2-3,5-6,9-12,18-19,30H,4,7-8,13,25H2,1H3,(H2,26,31)(H,27,32). The first-order chi connectivity index (χ1) is 15.4. The fraction of sp³-hybridized carbons (Fsp3) is 0.292. The van der Waals surface area contributed by atoms with Crippen LogP contribution in [0.4, 0.5) is 5.82 Å². The van der Waals surface area contributed by atoms with Crippen LogP contribution in [0.1, 0.15) is 57.1 Å². The number of nitrogens with zero attached hydrogens (tertiary/aromatic N) is 2. The van der Waals surface area contributed by atoms with Crippen molar-refractivity contribution in [2.24, 2.45) is 5.73 Å². The van der Waals surface area contributed by atoms with E-state index in [1.54, 1.807) is 6.07 Å². The molecule has 0 aliphatic heterocycles. The molecule has 0 bridgehead atoms. The number of primary amides is 1. The van der Waals surface area contributed by atoms with Crippen LogP contribution >= 0.6 is 0 Å². The predicted octanol–water partition coefficient (Wildman–Crippen LogP) is 2.56. The van der Waals surface area contributed by atoms with Crippen molar-refractivity contribution in [3.63, 3.8) is 0 Å². The molecule has 3 aromatic rings. The summed E-state index contributed by atoms with van der Waals surface area (Å²) in [7, 11) is 0. The fourth-order valence-electron chi connectivity index (χ4n) is 4.24. The van der Waals surface area contributed by atoms with Gasteiger partial charge in [0.05, 0.1) is 12.1 Å². The van der Waals surface area contributed by atoms with Gasteiger partial charge in [0.1, 0.15) is 17.1 Å². The number of nitrogens with one attached hydrogen (secondary N) is 1. The lowest BCUT2D eigenvalue weighted by Gasteiger charge is -2.16. The van der Waals surface area contributed by atoms with Crippen molar-refractivity contribution in [3.8, 4) is 11.3 Å². The number of benzene rings is 2. The van der Waals surface area contributed by atoms with Gasteiger partial charge in [-0.15, -0.1) is 0 Å². The Morgan fingerprint density at radius 3 is 2.50 bits per heavy atom. The maximum Gasteiger partial charge on any atom is 0.254 e. The highest BCUT2D eigenvalue weighted by molar-refractivity contribution is 6.03. The van der Waals surface area contributed by atoms with Crippen LogP contribution in [-0.2, 0) is 6.54 Å². The van der Waals surface area contributed by atoms with Gasteiger partial charge in [-0.2, -0.15) is 5.10 Å². The Balaban J connectivity index is 1.54. The number of amides is 2. The summed E-state index contributed by atoms with van der Waals surface area (Å²) in [5, 5.41) is 17.7. The summed E-state index contributed by atoms with van der Waals surface area (Å²) in [5.41, 5.74) is 15.5. The first-order valence-corrected chi connectivity index (χ1v) is 10.7. The van der Waals surface area contributed by atoms with Gasteiger partial charge in [0.15, 0.2) is 0 Å². The van der Waals surface area contributed by atoms with E-state index in [2.05, 4.69) is 10.4 Å². The SMILES string of the molecule is Cc1ccccc1C(=O)NCc1ccc(-c2nn(C3CCCC3O)c(N)c2C(N)=O)cc1. The Hall–Kier alpha value is -3.65. The zero-order valence-electron chi connectivity index (χ0n) is 17.9. The molecule has 0 spiro atoms. The van der Waals surface area contributed by atoms with E-state index < -0.39 is 12.0 Å². The van der Waals surface area contributed by atoms with Crippen molar-refractivity contribution in [3.05, 3.63) is 70.8 Å². The summed E-state index contributed by atoms with van der Waals surface area (Å²) in [6.07, 6.45) is 1.73. The van der Waals surface area contributed by atoms with Crippen molar-refractivity contribution < 1.29 is 14.7 Å². The summed E-state index contributed by atoms with van der Waals surface area (Å²) >= 11 is 0. The Kier molecular flexibility index (Phi) is 5.96. The average molecular weight is 434 g/mol. The van der Waals surface area contributed by atoms with E-state index in [1.165, 1.54) is 4.68 Å². The molecule has 6 N–H and O–H groups in total. The van der Waals surface area contributed by atoms with E-state index in [4.69, 9.17) is 11.5 Å². The fourth-order valence-corrected chi connectivity index (χ4v) is 4.24. The monoisotopic (exact) mass is 433 g/mol. The number of aromatic nitrogens is 2. The van der Waals surface area contributed by atoms with Crippen LogP contribution in [0.25, 0.3) is 11.3 Å². The molecule has 0 saturated heterocycles. The number of nitrogens with two attached hydrogens (primary N) is 2. The number of nitrogen functional groups attached to an aromatic ring is 1. The van der Waals surface area contributed by atoms with Crippen LogP contribution in [0.5, 0.6) is 0 Å². The molecule has 2 amide bonds. The number of hydrogen-bond donors (Lipinski definition) is 4. The van der Waals surface area contributed by atoms with E-state index in [9.17, 15) is 14.7 Å². The number of carbonyl (C=O) groups is 2. The summed E-state index contributed by atoms with van der Waals surface area (Å²) in [6.45, 7) is 2.26. The first kappa shape index (κ1) is 21.6. The molecule has 166 valence electrons. The molecule has 1 aromatic heterocycles. The van der Waals surface area contributed by atoms with E-state index >= 15 is 0 Å². The predicted molar refractivity (Wildman–Crippen MR) is 122 cm³/mol. The van der Waals surface area contributed by atoms with Gasteiger partial charge in [-0.05, 0) is 43.4 Å². The maximum atomic E-state index is 12.4. The van der Waals surface area contributed by atoms with Crippen LogP contribution in [0.3, 0.4) is 0 Å². The number of hydrogen-bond acceptors (Lipinski definition) is 5. The van der Waals surface area contributed by atoms with Gasteiger partial charge in [-0.3, -0.25) is 9.59 Å². The van der Waals surface area contributed by atoms with Crippen molar-refractivity contribution >= 4 is 17.6 Å². The molecule has 4 rings (SSSR count). The summed E-state index contributed by atoms with van der Waals surface area (Å²) in [5.74, 6) is -0.622. The number of carbonyl (C=O) groups excluding carboxylic acids is 2.